The third kappa shape index (κ3) is 1.97. The van der Waals surface area contributed by atoms with E-state index in [0.717, 1.165) is 26.1 Å². The molecule has 0 saturated carbocycles. The zero-order chi connectivity index (χ0) is 9.80. The van der Waals surface area contributed by atoms with E-state index in [-0.39, 0.29) is 0 Å². The minimum Gasteiger partial charge on any atom is -0.311 e. The van der Waals surface area contributed by atoms with Crippen molar-refractivity contribution >= 4 is 0 Å². The third-order valence-electron chi connectivity index (χ3n) is 2.85. The highest BCUT2D eigenvalue weighted by Gasteiger charge is 2.13. The van der Waals surface area contributed by atoms with Crippen molar-refractivity contribution in [2.45, 2.75) is 25.9 Å². The van der Waals surface area contributed by atoms with Crippen molar-refractivity contribution in [3.8, 4) is 0 Å². The summed E-state index contributed by atoms with van der Waals surface area (Å²) >= 11 is 0. The molecular weight excluding hydrogens is 172 g/mol. The molecule has 0 saturated heterocycles. The number of hydrogen-bond acceptors (Lipinski definition) is 2. The molecule has 0 spiro atoms. The van der Waals surface area contributed by atoms with Gasteiger partial charge in [0.05, 0.1) is 0 Å². The van der Waals surface area contributed by atoms with Gasteiger partial charge < -0.3 is 10.6 Å². The lowest BCUT2D eigenvalue weighted by atomic mass is 9.97. The van der Waals surface area contributed by atoms with Crippen LogP contribution in [0, 0.1) is 0 Å². The van der Waals surface area contributed by atoms with Crippen molar-refractivity contribution in [1.29, 1.82) is 0 Å². The minimum absolute atomic E-state index is 0.535. The van der Waals surface area contributed by atoms with Gasteiger partial charge in [-0.1, -0.05) is 31.2 Å². The first-order valence-electron chi connectivity index (χ1n) is 5.43. The van der Waals surface area contributed by atoms with Crippen LogP contribution in [0.1, 0.15) is 30.5 Å². The Balaban J connectivity index is 2.31. The van der Waals surface area contributed by atoms with Gasteiger partial charge in [0, 0.05) is 25.7 Å². The summed E-state index contributed by atoms with van der Waals surface area (Å²) in [5.74, 6) is 0. The van der Waals surface area contributed by atoms with Gasteiger partial charge in [-0.15, -0.1) is 0 Å². The van der Waals surface area contributed by atoms with Gasteiger partial charge in [0.25, 0.3) is 0 Å². The van der Waals surface area contributed by atoms with Gasteiger partial charge in [0.15, 0.2) is 0 Å². The Morgan fingerprint density at radius 3 is 3.00 bits per heavy atom. The number of nitrogens with one attached hydrogen (secondary N) is 2. The summed E-state index contributed by atoms with van der Waals surface area (Å²) in [5.41, 5.74) is 2.90. The molecule has 1 atom stereocenters. The van der Waals surface area contributed by atoms with Crippen molar-refractivity contribution in [1.82, 2.24) is 10.6 Å². The summed E-state index contributed by atoms with van der Waals surface area (Å²) < 4.78 is 0. The van der Waals surface area contributed by atoms with Gasteiger partial charge in [0.1, 0.15) is 0 Å². The summed E-state index contributed by atoms with van der Waals surface area (Å²) in [7, 11) is 0. The molecule has 1 unspecified atom stereocenters. The molecule has 14 heavy (non-hydrogen) atoms. The Morgan fingerprint density at radius 2 is 2.14 bits per heavy atom. The Bertz CT molecular complexity index is 296. The highest BCUT2D eigenvalue weighted by molar-refractivity contribution is 5.30. The van der Waals surface area contributed by atoms with E-state index in [4.69, 9.17) is 0 Å². The van der Waals surface area contributed by atoms with Crippen molar-refractivity contribution in [2.75, 3.05) is 13.1 Å². The van der Waals surface area contributed by atoms with Crippen LogP contribution in [-0.4, -0.2) is 13.1 Å². The number of hydrogen-bond donors (Lipinski definition) is 2. The van der Waals surface area contributed by atoms with E-state index >= 15 is 0 Å². The molecule has 1 aromatic carbocycles. The summed E-state index contributed by atoms with van der Waals surface area (Å²) in [5, 5.41) is 6.99. The number of rotatable bonds is 1. The molecule has 1 heterocycles. The minimum atomic E-state index is 0.535. The van der Waals surface area contributed by atoms with Gasteiger partial charge in [0.2, 0.25) is 0 Å². The molecule has 2 nitrogen and oxygen atoms in total. The highest BCUT2D eigenvalue weighted by Crippen LogP contribution is 2.21. The lowest BCUT2D eigenvalue weighted by Crippen LogP contribution is -2.33. The maximum Gasteiger partial charge on any atom is 0.0321 e. The third-order valence-corrected chi connectivity index (χ3v) is 2.85. The molecule has 0 bridgehead atoms. The second kappa shape index (κ2) is 4.58. The van der Waals surface area contributed by atoms with E-state index in [0.29, 0.717) is 6.04 Å². The van der Waals surface area contributed by atoms with Crippen LogP contribution >= 0.6 is 0 Å². The largest absolute Gasteiger partial charge is 0.311 e. The van der Waals surface area contributed by atoms with E-state index in [2.05, 4.69) is 41.8 Å². The molecule has 0 fully saturated rings. The average molecular weight is 190 g/mol. The molecule has 2 rings (SSSR count). The molecular formula is C12H18N2. The van der Waals surface area contributed by atoms with E-state index in [1.54, 1.807) is 0 Å². The lowest BCUT2D eigenvalue weighted by molar-refractivity contribution is 0.483. The molecule has 0 aromatic heterocycles. The Morgan fingerprint density at radius 1 is 1.29 bits per heavy atom. The van der Waals surface area contributed by atoms with Gasteiger partial charge in [-0.2, -0.15) is 0 Å². The summed E-state index contributed by atoms with van der Waals surface area (Å²) in [6, 6.07) is 9.24. The second-order valence-corrected chi connectivity index (χ2v) is 3.79. The number of fused-ring (bicyclic) bond motifs is 1. The summed E-state index contributed by atoms with van der Waals surface area (Å²) in [6.45, 7) is 5.37. The number of benzene rings is 1. The standard InChI is InChI=1S/C12H18N2/c1-2-12-11-6-4-3-5-10(11)9-13-7-8-14-12/h3-6,12-14H,2,7-9H2,1H3. The SMILES string of the molecule is CCC1NCCNCc2ccccc21. The van der Waals surface area contributed by atoms with Crippen LogP contribution in [0.2, 0.25) is 0 Å². The summed E-state index contributed by atoms with van der Waals surface area (Å²) in [6.07, 6.45) is 1.16. The molecule has 1 aliphatic rings. The van der Waals surface area contributed by atoms with Crippen LogP contribution in [0.5, 0.6) is 0 Å². The topological polar surface area (TPSA) is 24.1 Å². The monoisotopic (exact) mass is 190 g/mol. The zero-order valence-corrected chi connectivity index (χ0v) is 8.72. The van der Waals surface area contributed by atoms with Crippen LogP contribution in [0.4, 0.5) is 0 Å². The van der Waals surface area contributed by atoms with Crippen LogP contribution in [0.3, 0.4) is 0 Å². The molecule has 0 amide bonds. The second-order valence-electron chi connectivity index (χ2n) is 3.79. The Hall–Kier alpha value is -0.860. The van der Waals surface area contributed by atoms with Crippen LogP contribution < -0.4 is 10.6 Å². The molecule has 2 N–H and O–H groups in total. The summed E-state index contributed by atoms with van der Waals surface area (Å²) in [4.78, 5) is 0. The Labute approximate surface area is 85.7 Å². The van der Waals surface area contributed by atoms with Crippen molar-refractivity contribution in [2.24, 2.45) is 0 Å². The molecule has 76 valence electrons. The lowest BCUT2D eigenvalue weighted by Gasteiger charge is -2.23. The van der Waals surface area contributed by atoms with E-state index in [9.17, 15) is 0 Å². The fourth-order valence-corrected chi connectivity index (χ4v) is 2.07. The van der Waals surface area contributed by atoms with Crippen LogP contribution in [0.15, 0.2) is 24.3 Å². The van der Waals surface area contributed by atoms with Crippen molar-refractivity contribution < 1.29 is 0 Å². The van der Waals surface area contributed by atoms with Gasteiger partial charge in [-0.3, -0.25) is 0 Å². The first-order chi connectivity index (χ1) is 6.92. The molecule has 0 aliphatic carbocycles. The predicted octanol–water partition coefficient (Wildman–Crippen LogP) is 1.83. The Kier molecular flexibility index (Phi) is 3.17. The first kappa shape index (κ1) is 9.69. The quantitative estimate of drug-likeness (QED) is 0.706. The fourth-order valence-electron chi connectivity index (χ4n) is 2.07. The normalized spacial score (nSPS) is 22.2. The van der Waals surface area contributed by atoms with Crippen molar-refractivity contribution in [3.63, 3.8) is 0 Å². The van der Waals surface area contributed by atoms with Gasteiger partial charge >= 0.3 is 0 Å². The zero-order valence-electron chi connectivity index (χ0n) is 8.72. The van der Waals surface area contributed by atoms with E-state index in [1.807, 2.05) is 0 Å². The maximum absolute atomic E-state index is 3.56. The van der Waals surface area contributed by atoms with E-state index in [1.165, 1.54) is 11.1 Å². The molecule has 1 aliphatic heterocycles. The molecule has 1 aromatic rings. The predicted molar refractivity (Wildman–Crippen MR) is 59.2 cm³/mol. The van der Waals surface area contributed by atoms with Gasteiger partial charge in [-0.05, 0) is 17.5 Å². The maximum atomic E-state index is 3.56. The molecule has 0 radical (unpaired) electrons. The van der Waals surface area contributed by atoms with Gasteiger partial charge in [-0.25, -0.2) is 0 Å². The average Bonchev–Trinajstić information content (AvgIpc) is 2.20. The first-order valence-corrected chi connectivity index (χ1v) is 5.43. The van der Waals surface area contributed by atoms with Crippen LogP contribution in [-0.2, 0) is 6.54 Å². The van der Waals surface area contributed by atoms with E-state index < -0.39 is 0 Å². The van der Waals surface area contributed by atoms with Crippen molar-refractivity contribution in [3.05, 3.63) is 35.4 Å². The molecule has 2 heteroatoms. The fraction of sp³-hybridized carbons (Fsp3) is 0.500. The highest BCUT2D eigenvalue weighted by atomic mass is 15.0. The van der Waals surface area contributed by atoms with Crippen LogP contribution in [0.25, 0.3) is 0 Å². The smallest absolute Gasteiger partial charge is 0.0321 e.